The van der Waals surface area contributed by atoms with Gasteiger partial charge >= 0.3 is 0 Å². The molecule has 2 aliphatic heterocycles. The molecular formula is C28H35NO5. The van der Waals surface area contributed by atoms with Crippen LogP contribution in [0, 0.1) is 28.6 Å². The van der Waals surface area contributed by atoms with Crippen LogP contribution in [0.3, 0.4) is 0 Å². The molecule has 0 aromatic heterocycles. The highest BCUT2D eigenvalue weighted by atomic mass is 16.7. The van der Waals surface area contributed by atoms with Gasteiger partial charge in [0.05, 0.1) is 19.3 Å². The fourth-order valence-electron chi connectivity index (χ4n) is 8.26. The van der Waals surface area contributed by atoms with E-state index >= 15 is 0 Å². The second-order valence-corrected chi connectivity index (χ2v) is 11.4. The number of aliphatic hydroxyl groups excluding tert-OH is 1. The summed E-state index contributed by atoms with van der Waals surface area (Å²) in [7, 11) is 3.58. The Kier molecular flexibility index (Phi) is 4.87. The number of methoxy groups -OCH3 is 1. The Hall–Kier alpha value is -2.47. The number of fused-ring (bicyclic) bond motifs is 6. The lowest BCUT2D eigenvalue weighted by atomic mass is 9.47. The standard InChI is InChI=1S/C28H35NO5/c1-27-9-7-20-18(19(27)5-6-23(27)30)14-17(26-28(20,2)10-8-24(31)29(26)3)11-16-12-21(32-4)25-22(13-16)33-15-34-25/h8,10-13,18-20,23,26,30H,5-7,9,14-15H2,1-4H3/b17-11+/t18-,19-,20-,23-,26+,27-,28+/m0/s1. The van der Waals surface area contributed by atoms with Crippen LogP contribution in [0.5, 0.6) is 17.2 Å². The predicted molar refractivity (Wildman–Crippen MR) is 129 cm³/mol. The maximum atomic E-state index is 12.8. The van der Waals surface area contributed by atoms with E-state index in [2.05, 4.69) is 26.0 Å². The SMILES string of the molecule is COc1cc(/C=C2\C[C@@H]3[C@H](CC[C@]4(C)[C@@H](O)CC[C@@H]34)[C@@]3(C)C=CC(=O)N(C)[C@H]23)cc2c1OCO2. The Morgan fingerprint density at radius 2 is 2.00 bits per heavy atom. The summed E-state index contributed by atoms with van der Waals surface area (Å²) >= 11 is 0. The quantitative estimate of drug-likeness (QED) is 0.700. The van der Waals surface area contributed by atoms with Crippen molar-refractivity contribution < 1.29 is 24.1 Å². The molecule has 6 rings (SSSR count). The smallest absolute Gasteiger partial charge is 0.246 e. The Bertz CT molecular complexity index is 1090. The Morgan fingerprint density at radius 3 is 2.79 bits per heavy atom. The highest BCUT2D eigenvalue weighted by Crippen LogP contribution is 2.65. The first-order chi connectivity index (χ1) is 16.3. The van der Waals surface area contributed by atoms with Gasteiger partial charge in [-0.05, 0) is 84.6 Å². The van der Waals surface area contributed by atoms with Crippen LogP contribution in [0.1, 0.15) is 51.5 Å². The molecule has 0 spiro atoms. The summed E-state index contributed by atoms with van der Waals surface area (Å²) in [5.74, 6) is 3.56. The van der Waals surface area contributed by atoms with Gasteiger partial charge < -0.3 is 24.2 Å². The number of hydrogen-bond acceptors (Lipinski definition) is 5. The van der Waals surface area contributed by atoms with Crippen molar-refractivity contribution >= 4 is 12.0 Å². The van der Waals surface area contributed by atoms with Crippen molar-refractivity contribution in [1.29, 1.82) is 0 Å². The molecule has 0 unspecified atom stereocenters. The fourth-order valence-corrected chi connectivity index (χ4v) is 8.26. The second kappa shape index (κ2) is 7.51. The van der Waals surface area contributed by atoms with Gasteiger partial charge in [-0.2, -0.15) is 0 Å². The van der Waals surface area contributed by atoms with Gasteiger partial charge in [-0.3, -0.25) is 4.79 Å². The minimum absolute atomic E-state index is 0.00244. The average molecular weight is 466 g/mol. The number of amides is 1. The van der Waals surface area contributed by atoms with Gasteiger partial charge in [0, 0.05) is 12.5 Å². The van der Waals surface area contributed by atoms with E-state index < -0.39 is 0 Å². The van der Waals surface area contributed by atoms with Gasteiger partial charge in [0.1, 0.15) is 0 Å². The molecule has 5 aliphatic rings. The molecule has 6 nitrogen and oxygen atoms in total. The molecule has 3 saturated carbocycles. The lowest BCUT2D eigenvalue weighted by Gasteiger charge is -2.60. The third kappa shape index (κ3) is 2.93. The molecule has 1 aromatic rings. The topological polar surface area (TPSA) is 68.2 Å². The Balaban J connectivity index is 1.47. The Morgan fingerprint density at radius 1 is 1.18 bits per heavy atom. The zero-order valence-electron chi connectivity index (χ0n) is 20.5. The van der Waals surface area contributed by atoms with E-state index in [1.54, 1.807) is 13.2 Å². The van der Waals surface area contributed by atoms with Crippen molar-refractivity contribution in [2.45, 2.75) is 58.1 Å². The number of carbonyl (C=O) groups is 1. The minimum atomic E-state index is -0.208. The molecular weight excluding hydrogens is 430 g/mol. The van der Waals surface area contributed by atoms with E-state index in [-0.39, 0.29) is 35.7 Å². The third-order valence-electron chi connectivity index (χ3n) is 9.95. The summed E-state index contributed by atoms with van der Waals surface area (Å²) < 4.78 is 16.8. The van der Waals surface area contributed by atoms with E-state index in [4.69, 9.17) is 14.2 Å². The summed E-state index contributed by atoms with van der Waals surface area (Å²) in [6.45, 7) is 4.84. The first-order valence-electron chi connectivity index (χ1n) is 12.6. The molecule has 7 atom stereocenters. The first-order valence-corrected chi connectivity index (χ1v) is 12.6. The maximum Gasteiger partial charge on any atom is 0.246 e. The molecule has 3 fully saturated rings. The second-order valence-electron chi connectivity index (χ2n) is 11.4. The monoisotopic (exact) mass is 465 g/mol. The average Bonchev–Trinajstić information content (AvgIpc) is 3.40. The third-order valence-corrected chi connectivity index (χ3v) is 9.95. The van der Waals surface area contributed by atoms with E-state index in [1.807, 2.05) is 24.1 Å². The van der Waals surface area contributed by atoms with E-state index in [0.717, 1.165) is 37.7 Å². The number of likely N-dealkylation sites (N-methyl/N-ethyl adjacent to an activating group) is 1. The molecule has 0 saturated heterocycles. The van der Waals surface area contributed by atoms with Crippen LogP contribution in [0.25, 0.3) is 6.08 Å². The van der Waals surface area contributed by atoms with Crippen molar-refractivity contribution in [3.63, 3.8) is 0 Å². The summed E-state index contributed by atoms with van der Waals surface area (Å²) in [5.41, 5.74) is 2.14. The molecule has 1 N–H and O–H groups in total. The number of aliphatic hydroxyl groups is 1. The number of ether oxygens (including phenoxy) is 3. The number of carbonyl (C=O) groups excluding carboxylic acids is 1. The van der Waals surface area contributed by atoms with Crippen LogP contribution in [0.2, 0.25) is 0 Å². The van der Waals surface area contributed by atoms with Gasteiger partial charge in [0.15, 0.2) is 11.5 Å². The van der Waals surface area contributed by atoms with E-state index in [0.29, 0.717) is 35.0 Å². The molecule has 0 bridgehead atoms. The maximum absolute atomic E-state index is 12.8. The van der Waals surface area contributed by atoms with Crippen LogP contribution < -0.4 is 14.2 Å². The van der Waals surface area contributed by atoms with Crippen LogP contribution in [0.4, 0.5) is 0 Å². The summed E-state index contributed by atoms with van der Waals surface area (Å²) in [5, 5.41) is 10.9. The zero-order valence-corrected chi connectivity index (χ0v) is 20.5. The number of benzene rings is 1. The van der Waals surface area contributed by atoms with Gasteiger partial charge in [0.25, 0.3) is 0 Å². The highest BCUT2D eigenvalue weighted by molar-refractivity contribution is 5.89. The summed E-state index contributed by atoms with van der Waals surface area (Å²) in [4.78, 5) is 14.7. The molecule has 1 aromatic carbocycles. The van der Waals surface area contributed by atoms with Gasteiger partial charge in [0.2, 0.25) is 18.4 Å². The molecule has 2 heterocycles. The van der Waals surface area contributed by atoms with Crippen LogP contribution in [0.15, 0.2) is 29.9 Å². The lowest BCUT2D eigenvalue weighted by Crippen LogP contribution is -2.60. The number of nitrogens with zero attached hydrogens (tertiary/aromatic N) is 1. The van der Waals surface area contributed by atoms with Crippen molar-refractivity contribution in [1.82, 2.24) is 4.90 Å². The molecule has 3 aliphatic carbocycles. The molecule has 182 valence electrons. The van der Waals surface area contributed by atoms with E-state index in [1.165, 1.54) is 5.57 Å². The highest BCUT2D eigenvalue weighted by Gasteiger charge is 2.61. The van der Waals surface area contributed by atoms with Gasteiger partial charge in [-0.15, -0.1) is 0 Å². The van der Waals surface area contributed by atoms with Crippen molar-refractivity contribution in [3.8, 4) is 17.2 Å². The van der Waals surface area contributed by atoms with Crippen molar-refractivity contribution in [2.24, 2.45) is 28.6 Å². The van der Waals surface area contributed by atoms with Gasteiger partial charge in [-0.1, -0.05) is 26.0 Å². The molecule has 6 heteroatoms. The van der Waals surface area contributed by atoms with Crippen LogP contribution in [-0.4, -0.2) is 49.0 Å². The van der Waals surface area contributed by atoms with Crippen molar-refractivity contribution in [2.75, 3.05) is 21.0 Å². The number of hydrogen-bond donors (Lipinski definition) is 1. The predicted octanol–water partition coefficient (Wildman–Crippen LogP) is 4.42. The van der Waals surface area contributed by atoms with Gasteiger partial charge in [-0.25, -0.2) is 0 Å². The van der Waals surface area contributed by atoms with E-state index in [9.17, 15) is 9.90 Å². The zero-order chi connectivity index (χ0) is 23.8. The molecule has 1 amide bonds. The Labute approximate surface area is 201 Å². The van der Waals surface area contributed by atoms with Crippen LogP contribution >= 0.6 is 0 Å². The number of rotatable bonds is 2. The minimum Gasteiger partial charge on any atom is -0.493 e. The fraction of sp³-hybridized carbons (Fsp3) is 0.607. The molecule has 34 heavy (non-hydrogen) atoms. The summed E-state index contributed by atoms with van der Waals surface area (Å²) in [6.07, 6.45) is 11.1. The lowest BCUT2D eigenvalue weighted by molar-refractivity contribution is -0.135. The first kappa shape index (κ1) is 22.0. The molecule has 0 radical (unpaired) electrons. The largest absolute Gasteiger partial charge is 0.493 e. The van der Waals surface area contributed by atoms with Crippen molar-refractivity contribution in [3.05, 3.63) is 35.4 Å². The van der Waals surface area contributed by atoms with Crippen LogP contribution in [-0.2, 0) is 4.79 Å². The summed E-state index contributed by atoms with van der Waals surface area (Å²) in [6, 6.07) is 4.01. The normalized spacial score (nSPS) is 41.3.